The number of carbonyl (C=O) groups is 1. The van der Waals surface area contributed by atoms with Crippen molar-refractivity contribution in [2.45, 2.75) is 6.92 Å². The first-order valence-electron chi connectivity index (χ1n) is 4.35. The molecular weight excluding hydrogens is 181 g/mol. The van der Waals surface area contributed by atoms with Gasteiger partial charge >= 0.3 is 0 Å². The topological polar surface area (TPSA) is 22.0 Å². The number of hydrogen-bond donors (Lipinski definition) is 0. The van der Waals surface area contributed by atoms with Crippen molar-refractivity contribution in [3.05, 3.63) is 35.3 Å². The highest BCUT2D eigenvalue weighted by Gasteiger charge is 2.10. The SMILES string of the molecule is Cc1c(C=O)n(C)c2ccc(F)cc12. The fourth-order valence-electron chi connectivity index (χ4n) is 1.79. The van der Waals surface area contributed by atoms with E-state index in [1.165, 1.54) is 12.1 Å². The Bertz CT molecular complexity index is 513. The third-order valence-corrected chi connectivity index (χ3v) is 2.58. The molecule has 0 atom stereocenters. The minimum atomic E-state index is -0.274. The van der Waals surface area contributed by atoms with Crippen LogP contribution in [0, 0.1) is 12.7 Å². The van der Waals surface area contributed by atoms with Crippen molar-refractivity contribution < 1.29 is 9.18 Å². The first-order valence-corrected chi connectivity index (χ1v) is 4.35. The Labute approximate surface area is 81.0 Å². The van der Waals surface area contributed by atoms with Crippen LogP contribution in [0.25, 0.3) is 10.9 Å². The zero-order chi connectivity index (χ0) is 10.3. The summed E-state index contributed by atoms with van der Waals surface area (Å²) in [5, 5.41) is 0.801. The fraction of sp³-hybridized carbons (Fsp3) is 0.182. The molecule has 1 heterocycles. The fourth-order valence-corrected chi connectivity index (χ4v) is 1.79. The van der Waals surface area contributed by atoms with Gasteiger partial charge in [0.05, 0.1) is 5.69 Å². The first kappa shape index (κ1) is 8.94. The summed E-state index contributed by atoms with van der Waals surface area (Å²) in [6.07, 6.45) is 0.799. The minimum Gasteiger partial charge on any atom is -0.341 e. The predicted octanol–water partition coefficient (Wildman–Crippen LogP) is 2.44. The van der Waals surface area contributed by atoms with E-state index in [1.807, 2.05) is 6.92 Å². The van der Waals surface area contributed by atoms with E-state index in [1.54, 1.807) is 17.7 Å². The normalized spacial score (nSPS) is 10.8. The Kier molecular flexibility index (Phi) is 1.88. The van der Waals surface area contributed by atoms with Gasteiger partial charge in [-0.3, -0.25) is 4.79 Å². The number of halogens is 1. The van der Waals surface area contributed by atoms with Crippen LogP contribution in [-0.4, -0.2) is 10.9 Å². The number of aromatic nitrogens is 1. The number of aryl methyl sites for hydroxylation is 2. The van der Waals surface area contributed by atoms with Crippen molar-refractivity contribution in [1.82, 2.24) is 4.57 Å². The highest BCUT2D eigenvalue weighted by Crippen LogP contribution is 2.24. The Balaban J connectivity index is 2.94. The number of rotatable bonds is 1. The predicted molar refractivity (Wildman–Crippen MR) is 53.0 cm³/mol. The van der Waals surface area contributed by atoms with Gasteiger partial charge in [0.25, 0.3) is 0 Å². The van der Waals surface area contributed by atoms with Crippen molar-refractivity contribution in [1.29, 1.82) is 0 Å². The van der Waals surface area contributed by atoms with Crippen molar-refractivity contribution in [3.63, 3.8) is 0 Å². The summed E-state index contributed by atoms with van der Waals surface area (Å²) in [5.41, 5.74) is 2.31. The van der Waals surface area contributed by atoms with Crippen molar-refractivity contribution in [3.8, 4) is 0 Å². The molecule has 0 spiro atoms. The maximum atomic E-state index is 13.0. The van der Waals surface area contributed by atoms with Crippen molar-refractivity contribution in [2.24, 2.45) is 7.05 Å². The van der Waals surface area contributed by atoms with Gasteiger partial charge in [-0.05, 0) is 30.7 Å². The van der Waals surface area contributed by atoms with Crippen LogP contribution in [0.3, 0.4) is 0 Å². The second-order valence-electron chi connectivity index (χ2n) is 3.35. The van der Waals surface area contributed by atoms with E-state index in [2.05, 4.69) is 0 Å². The Hall–Kier alpha value is -1.64. The molecule has 0 aliphatic carbocycles. The summed E-state index contributed by atoms with van der Waals surface area (Å²) in [5.74, 6) is -0.274. The van der Waals surface area contributed by atoms with Gasteiger partial charge in [0.15, 0.2) is 6.29 Å². The lowest BCUT2D eigenvalue weighted by Gasteiger charge is -1.96. The van der Waals surface area contributed by atoms with Gasteiger partial charge < -0.3 is 4.57 Å². The quantitative estimate of drug-likeness (QED) is 0.634. The Morgan fingerprint density at radius 3 is 2.79 bits per heavy atom. The second-order valence-corrected chi connectivity index (χ2v) is 3.35. The van der Waals surface area contributed by atoms with E-state index in [4.69, 9.17) is 0 Å². The van der Waals surface area contributed by atoms with Crippen LogP contribution < -0.4 is 0 Å². The highest BCUT2D eigenvalue weighted by molar-refractivity contribution is 5.92. The van der Waals surface area contributed by atoms with E-state index in [9.17, 15) is 9.18 Å². The van der Waals surface area contributed by atoms with Gasteiger partial charge in [-0.15, -0.1) is 0 Å². The van der Waals surface area contributed by atoms with Crippen LogP contribution in [0.5, 0.6) is 0 Å². The molecular formula is C11H10FNO. The standard InChI is InChI=1S/C11H10FNO/c1-7-9-5-8(12)3-4-10(9)13(2)11(7)6-14/h3-6H,1-2H3. The van der Waals surface area contributed by atoms with Gasteiger partial charge in [-0.25, -0.2) is 4.39 Å². The smallest absolute Gasteiger partial charge is 0.166 e. The summed E-state index contributed by atoms with van der Waals surface area (Å²) >= 11 is 0. The van der Waals surface area contributed by atoms with Crippen LogP contribution in [0.15, 0.2) is 18.2 Å². The Morgan fingerprint density at radius 1 is 1.43 bits per heavy atom. The molecule has 1 aromatic carbocycles. The van der Waals surface area contributed by atoms with Gasteiger partial charge in [0.2, 0.25) is 0 Å². The van der Waals surface area contributed by atoms with E-state index < -0.39 is 0 Å². The molecule has 0 amide bonds. The lowest BCUT2D eigenvalue weighted by Crippen LogP contribution is -1.94. The largest absolute Gasteiger partial charge is 0.341 e. The van der Waals surface area contributed by atoms with E-state index >= 15 is 0 Å². The minimum absolute atomic E-state index is 0.274. The number of benzene rings is 1. The third-order valence-electron chi connectivity index (χ3n) is 2.58. The molecule has 2 aromatic rings. The molecule has 2 rings (SSSR count). The molecule has 0 N–H and O–H groups in total. The average molecular weight is 191 g/mol. The van der Waals surface area contributed by atoms with Crippen molar-refractivity contribution >= 4 is 17.2 Å². The summed E-state index contributed by atoms with van der Waals surface area (Å²) in [7, 11) is 1.80. The van der Waals surface area contributed by atoms with Crippen LogP contribution in [-0.2, 0) is 7.05 Å². The van der Waals surface area contributed by atoms with Crippen molar-refractivity contribution in [2.75, 3.05) is 0 Å². The van der Waals surface area contributed by atoms with Gasteiger partial charge in [0, 0.05) is 18.0 Å². The number of aldehydes is 1. The van der Waals surface area contributed by atoms with Gasteiger partial charge in [-0.2, -0.15) is 0 Å². The molecule has 0 unspecified atom stereocenters. The van der Waals surface area contributed by atoms with Crippen LogP contribution >= 0.6 is 0 Å². The van der Waals surface area contributed by atoms with E-state index in [0.29, 0.717) is 5.69 Å². The zero-order valence-corrected chi connectivity index (χ0v) is 8.04. The third kappa shape index (κ3) is 1.05. The van der Waals surface area contributed by atoms with E-state index in [0.717, 1.165) is 22.8 Å². The highest BCUT2D eigenvalue weighted by atomic mass is 19.1. The Morgan fingerprint density at radius 2 is 2.14 bits per heavy atom. The van der Waals surface area contributed by atoms with Crippen LogP contribution in [0.4, 0.5) is 4.39 Å². The van der Waals surface area contributed by atoms with E-state index in [-0.39, 0.29) is 5.82 Å². The second kappa shape index (κ2) is 2.94. The number of fused-ring (bicyclic) bond motifs is 1. The molecule has 0 radical (unpaired) electrons. The lowest BCUT2D eigenvalue weighted by molar-refractivity contribution is 0.111. The van der Waals surface area contributed by atoms with Crippen LogP contribution in [0.1, 0.15) is 16.1 Å². The molecule has 0 aliphatic rings. The molecule has 2 nitrogen and oxygen atoms in total. The summed E-state index contributed by atoms with van der Waals surface area (Å²) in [6.45, 7) is 1.82. The maximum Gasteiger partial charge on any atom is 0.166 e. The van der Waals surface area contributed by atoms with Gasteiger partial charge in [-0.1, -0.05) is 0 Å². The molecule has 1 aromatic heterocycles. The summed E-state index contributed by atoms with van der Waals surface area (Å²) in [6, 6.07) is 4.54. The summed E-state index contributed by atoms with van der Waals surface area (Å²) in [4.78, 5) is 10.8. The van der Waals surface area contributed by atoms with Crippen LogP contribution in [0.2, 0.25) is 0 Å². The lowest BCUT2D eigenvalue weighted by atomic mass is 10.1. The number of hydrogen-bond acceptors (Lipinski definition) is 1. The van der Waals surface area contributed by atoms with Gasteiger partial charge in [0.1, 0.15) is 5.82 Å². The first-order chi connectivity index (χ1) is 6.65. The molecule has 0 fully saturated rings. The monoisotopic (exact) mass is 191 g/mol. The zero-order valence-electron chi connectivity index (χ0n) is 8.04. The molecule has 72 valence electrons. The molecule has 0 aliphatic heterocycles. The number of nitrogens with zero attached hydrogens (tertiary/aromatic N) is 1. The maximum absolute atomic E-state index is 13.0. The molecule has 0 saturated carbocycles. The molecule has 0 bridgehead atoms. The molecule has 3 heteroatoms. The molecule has 0 saturated heterocycles. The number of carbonyl (C=O) groups excluding carboxylic acids is 1. The summed E-state index contributed by atoms with van der Waals surface area (Å²) < 4.78 is 14.7. The molecule has 14 heavy (non-hydrogen) atoms. The average Bonchev–Trinajstić information content (AvgIpc) is 2.39.